The van der Waals surface area contributed by atoms with Gasteiger partial charge in [0.2, 0.25) is 5.88 Å². The van der Waals surface area contributed by atoms with E-state index in [-0.39, 0.29) is 40.2 Å². The Kier molecular flexibility index (Phi) is 10.6. The number of amides is 2. The zero-order valence-corrected chi connectivity index (χ0v) is 32.5. The van der Waals surface area contributed by atoms with Gasteiger partial charge in [0, 0.05) is 56.6 Å². The summed E-state index contributed by atoms with van der Waals surface area (Å²) in [5, 5.41) is 4.88. The molecule has 1 aromatic heterocycles. The lowest BCUT2D eigenvalue weighted by Gasteiger charge is -2.46. The van der Waals surface area contributed by atoms with E-state index in [9.17, 15) is 13.8 Å². The Morgan fingerprint density at radius 2 is 1.89 bits per heavy atom. The van der Waals surface area contributed by atoms with E-state index >= 15 is 0 Å². The molecule has 14 heteroatoms. The lowest BCUT2D eigenvalue weighted by Crippen LogP contribution is -2.49. The third-order valence-electron chi connectivity index (χ3n) is 11.4. The van der Waals surface area contributed by atoms with Gasteiger partial charge in [0.05, 0.1) is 37.4 Å². The molecule has 3 aromatic rings. The van der Waals surface area contributed by atoms with Crippen LogP contribution in [0.3, 0.4) is 0 Å². The fraction of sp³-hybridized carbons (Fsp3) is 0.513. The predicted octanol–water partition coefficient (Wildman–Crippen LogP) is 5.77. The lowest BCUT2D eigenvalue weighted by molar-refractivity contribution is 0.0120. The molecule has 0 radical (unpaired) electrons. The third kappa shape index (κ3) is 7.45. The van der Waals surface area contributed by atoms with Crippen LogP contribution in [0.15, 0.2) is 59.1 Å². The summed E-state index contributed by atoms with van der Waals surface area (Å²) in [5.41, 5.74) is 3.31. The molecule has 2 amide bonds. The van der Waals surface area contributed by atoms with Crippen molar-refractivity contribution in [2.75, 3.05) is 51.7 Å². The second-order valence-corrected chi connectivity index (χ2v) is 17.3. The van der Waals surface area contributed by atoms with Gasteiger partial charge >= 0.3 is 0 Å². The Morgan fingerprint density at radius 3 is 2.62 bits per heavy atom. The number of benzene rings is 2. The number of aryl methyl sites for hydroxylation is 2. The van der Waals surface area contributed by atoms with E-state index in [4.69, 9.17) is 30.5 Å². The number of rotatable bonds is 5. The minimum Gasteiger partial charge on any atom is -0.490 e. The molecule has 4 aliphatic rings. The molecule has 0 saturated heterocycles. The molecule has 2 aliphatic carbocycles. The Hall–Kier alpha value is -3.91. The van der Waals surface area contributed by atoms with Crippen LogP contribution in [0.4, 0.5) is 5.69 Å². The minimum atomic E-state index is -3.72. The van der Waals surface area contributed by atoms with Gasteiger partial charge in [-0.15, -0.1) is 9.46 Å². The van der Waals surface area contributed by atoms with Crippen LogP contribution in [0.2, 0.25) is 5.02 Å². The molecule has 2 aliphatic heterocycles. The number of aromatic nitrogens is 2. The van der Waals surface area contributed by atoms with E-state index in [2.05, 4.69) is 31.2 Å². The molecular weight excluding hydrogens is 718 g/mol. The van der Waals surface area contributed by atoms with Crippen LogP contribution in [0, 0.1) is 17.8 Å². The third-order valence-corrected chi connectivity index (χ3v) is 13.6. The number of nitrogens with one attached hydrogen (secondary N) is 1. The molecule has 3 heterocycles. The van der Waals surface area contributed by atoms with Gasteiger partial charge in [-0.05, 0) is 91.3 Å². The second-order valence-electron chi connectivity index (χ2n) is 14.9. The summed E-state index contributed by atoms with van der Waals surface area (Å²) in [6.07, 6.45) is 9.76. The van der Waals surface area contributed by atoms with Gasteiger partial charge in [-0.3, -0.25) is 19.0 Å². The Bertz CT molecular complexity index is 2040. The maximum absolute atomic E-state index is 14.8. The summed E-state index contributed by atoms with van der Waals surface area (Å²) in [6, 6.07) is 11.5. The van der Waals surface area contributed by atoms with E-state index in [0.29, 0.717) is 24.8 Å². The number of carbonyl (C=O) groups is 2. The standard InChI is InChI=1S/C39H48ClN5O7S/c1-24-21-53(48,43-37(47)30-20-44(2)41-38(30)51-5)42-36(46)26-9-13-35-32(18-26)45(19-27-8-11-29(27)34(50-4)15-14-33(24)49-3)22-39(23-52-35)16-6-7-25-17-28(40)10-12-31(25)39/h9-10,12-15,17-18,20,24,27,29,33-34H,6-8,11,16,19,21-23H2,1-5H3,(H,42,43,46,47,48)/b15-14+/t24-,27+,29-,33-,34+,39+,53?/m1/s1. The predicted molar refractivity (Wildman–Crippen MR) is 203 cm³/mol. The first kappa shape index (κ1) is 37.4. The molecule has 1 saturated carbocycles. The number of fused-ring (bicyclic) bond motifs is 4. The molecule has 7 rings (SSSR count). The van der Waals surface area contributed by atoms with E-state index in [1.54, 1.807) is 33.4 Å². The zero-order valence-electron chi connectivity index (χ0n) is 30.9. The van der Waals surface area contributed by atoms with Crippen molar-refractivity contribution in [1.29, 1.82) is 0 Å². The van der Waals surface area contributed by atoms with Gasteiger partial charge in [0.15, 0.2) is 0 Å². The molecular formula is C39H48ClN5O7S. The van der Waals surface area contributed by atoms with Gasteiger partial charge < -0.3 is 23.8 Å². The minimum absolute atomic E-state index is 0.0606. The van der Waals surface area contributed by atoms with Crippen LogP contribution in [-0.2, 0) is 38.3 Å². The Labute approximate surface area is 316 Å². The van der Waals surface area contributed by atoms with Crippen molar-refractivity contribution in [3.63, 3.8) is 0 Å². The van der Waals surface area contributed by atoms with Crippen LogP contribution in [0.1, 0.15) is 64.4 Å². The highest BCUT2D eigenvalue weighted by molar-refractivity contribution is 7.92. The van der Waals surface area contributed by atoms with Crippen molar-refractivity contribution in [2.45, 2.75) is 56.7 Å². The van der Waals surface area contributed by atoms with Crippen molar-refractivity contribution >= 4 is 39.0 Å². The number of nitrogens with zero attached hydrogens (tertiary/aromatic N) is 4. The SMILES string of the molecule is COc1nn(C)cc1C(=O)NS1(=O)=NC(=O)c2ccc3c(c2)N(C[C@@H]2CC[C@H]2[C@@H](OC)/C=C/[C@@H](OC)[C@H](C)C1)C[C@@]1(CCCc2cc(Cl)ccc21)CO3. The summed E-state index contributed by atoms with van der Waals surface area (Å²) in [6.45, 7) is 3.76. The average Bonchev–Trinajstić information content (AvgIpc) is 3.44. The molecule has 1 N–H and O–H groups in total. The smallest absolute Gasteiger partial charge is 0.286 e. The molecule has 1 spiro atoms. The van der Waals surface area contributed by atoms with Crippen LogP contribution in [0.5, 0.6) is 11.6 Å². The zero-order chi connectivity index (χ0) is 37.5. The molecule has 2 bridgehead atoms. The summed E-state index contributed by atoms with van der Waals surface area (Å²) in [7, 11) is 2.63. The number of hydrogen-bond acceptors (Lipinski definition) is 9. The summed E-state index contributed by atoms with van der Waals surface area (Å²) in [5.74, 6) is -0.688. The summed E-state index contributed by atoms with van der Waals surface area (Å²) in [4.78, 5) is 30.1. The number of hydrogen-bond donors (Lipinski definition) is 1. The second kappa shape index (κ2) is 15.1. The number of ether oxygens (including phenoxy) is 4. The van der Waals surface area contributed by atoms with Gasteiger partial charge in [-0.25, -0.2) is 4.21 Å². The number of halogens is 1. The first-order valence-electron chi connectivity index (χ1n) is 18.2. The maximum Gasteiger partial charge on any atom is 0.286 e. The molecule has 284 valence electrons. The van der Waals surface area contributed by atoms with E-state index in [1.807, 2.05) is 31.2 Å². The van der Waals surface area contributed by atoms with Crippen molar-refractivity contribution in [3.05, 3.63) is 82.0 Å². The van der Waals surface area contributed by atoms with Crippen LogP contribution < -0.4 is 19.1 Å². The molecule has 1 unspecified atom stereocenters. The van der Waals surface area contributed by atoms with Crippen LogP contribution in [-0.4, -0.2) is 84.8 Å². The fourth-order valence-electron chi connectivity index (χ4n) is 8.61. The monoisotopic (exact) mass is 765 g/mol. The first-order chi connectivity index (χ1) is 25.4. The highest BCUT2D eigenvalue weighted by Gasteiger charge is 2.44. The van der Waals surface area contributed by atoms with E-state index < -0.39 is 33.8 Å². The van der Waals surface area contributed by atoms with Gasteiger partial charge in [-0.2, -0.15) is 0 Å². The highest BCUT2D eigenvalue weighted by atomic mass is 35.5. The molecule has 53 heavy (non-hydrogen) atoms. The topological polar surface area (TPSA) is 134 Å². The Morgan fingerprint density at radius 1 is 1.09 bits per heavy atom. The normalized spacial score (nSPS) is 30.5. The summed E-state index contributed by atoms with van der Waals surface area (Å²) >= 11 is 6.46. The van der Waals surface area contributed by atoms with Crippen molar-refractivity contribution < 1.29 is 32.7 Å². The maximum atomic E-state index is 14.8. The van der Waals surface area contributed by atoms with Crippen molar-refractivity contribution in [3.8, 4) is 11.6 Å². The first-order valence-corrected chi connectivity index (χ1v) is 20.2. The Balaban J connectivity index is 1.33. The summed E-state index contributed by atoms with van der Waals surface area (Å²) < 4.78 is 46.9. The van der Waals surface area contributed by atoms with Crippen LogP contribution in [0.25, 0.3) is 0 Å². The van der Waals surface area contributed by atoms with Gasteiger partial charge in [0.1, 0.15) is 21.2 Å². The number of carbonyl (C=O) groups excluding carboxylic acids is 2. The van der Waals surface area contributed by atoms with E-state index in [0.717, 1.165) is 49.4 Å². The highest BCUT2D eigenvalue weighted by Crippen LogP contribution is 2.47. The van der Waals surface area contributed by atoms with Gasteiger partial charge in [0.25, 0.3) is 11.8 Å². The molecule has 7 atom stereocenters. The lowest BCUT2D eigenvalue weighted by atomic mass is 9.68. The van der Waals surface area contributed by atoms with Crippen LogP contribution >= 0.6 is 11.6 Å². The van der Waals surface area contributed by atoms with Gasteiger partial charge in [-0.1, -0.05) is 36.7 Å². The molecule has 1 fully saturated rings. The average molecular weight is 766 g/mol. The largest absolute Gasteiger partial charge is 0.490 e. The fourth-order valence-corrected chi connectivity index (χ4v) is 10.7. The van der Waals surface area contributed by atoms with Crippen molar-refractivity contribution in [2.24, 2.45) is 29.2 Å². The quantitative estimate of drug-likeness (QED) is 0.322. The van der Waals surface area contributed by atoms with Crippen molar-refractivity contribution in [1.82, 2.24) is 14.5 Å². The molecule has 2 aromatic carbocycles. The molecule has 12 nitrogen and oxygen atoms in total. The number of methoxy groups -OCH3 is 3. The number of anilines is 1. The van der Waals surface area contributed by atoms with E-state index in [1.165, 1.54) is 29.1 Å².